The van der Waals surface area contributed by atoms with E-state index in [0.717, 1.165) is 11.3 Å². The van der Waals surface area contributed by atoms with Gasteiger partial charge in [0.2, 0.25) is 0 Å². The van der Waals surface area contributed by atoms with Crippen molar-refractivity contribution < 1.29 is 14.3 Å². The molecule has 0 fully saturated rings. The Bertz CT molecular complexity index is 832. The fourth-order valence-corrected chi connectivity index (χ4v) is 2.41. The molecule has 0 saturated carbocycles. The Kier molecular flexibility index (Phi) is 5.36. The lowest BCUT2D eigenvalue weighted by atomic mass is 10.2. The minimum atomic E-state index is -0.721. The van der Waals surface area contributed by atoms with E-state index in [1.54, 1.807) is 42.1 Å². The lowest BCUT2D eigenvalue weighted by Crippen LogP contribution is -2.26. The summed E-state index contributed by atoms with van der Waals surface area (Å²) in [5, 5.41) is 4.72. The predicted molar refractivity (Wildman–Crippen MR) is 94.9 cm³/mol. The van der Waals surface area contributed by atoms with Gasteiger partial charge in [0.05, 0.1) is 5.69 Å². The molecule has 2 aromatic carbocycles. The second-order valence-corrected chi connectivity index (χ2v) is 5.88. The van der Waals surface area contributed by atoms with Crippen LogP contribution in [0, 0.1) is 0 Å². The number of aromatic nitrogens is 2. The van der Waals surface area contributed by atoms with Crippen molar-refractivity contribution in [2.75, 3.05) is 0 Å². The van der Waals surface area contributed by atoms with Crippen molar-refractivity contribution in [3.8, 4) is 11.4 Å². The van der Waals surface area contributed by atoms with E-state index in [4.69, 9.17) is 21.1 Å². The number of carbonyl (C=O) groups excluding carboxylic acids is 1. The highest BCUT2D eigenvalue weighted by Gasteiger charge is 2.16. The molecular formula is C19H17ClN2O3. The van der Waals surface area contributed by atoms with Crippen molar-refractivity contribution in [3.63, 3.8) is 0 Å². The van der Waals surface area contributed by atoms with Crippen molar-refractivity contribution in [1.82, 2.24) is 9.78 Å². The Morgan fingerprint density at radius 3 is 2.68 bits per heavy atom. The van der Waals surface area contributed by atoms with Gasteiger partial charge < -0.3 is 9.47 Å². The fourth-order valence-electron chi connectivity index (χ4n) is 2.23. The molecular weight excluding hydrogens is 340 g/mol. The lowest BCUT2D eigenvalue weighted by molar-refractivity contribution is -0.152. The minimum absolute atomic E-state index is 0.182. The molecule has 0 bridgehead atoms. The molecule has 1 unspecified atom stereocenters. The van der Waals surface area contributed by atoms with Gasteiger partial charge in [-0.05, 0) is 48.9 Å². The standard InChI is InChI=1S/C19H17ClN2O3/c1-14(25-18-5-2-4-16(20)12-18)19(23)24-13-15-6-8-17(9-7-15)22-11-3-10-21-22/h2-12,14H,13H2,1H3. The average Bonchev–Trinajstić information content (AvgIpc) is 3.14. The maximum atomic E-state index is 12.1. The Hall–Kier alpha value is -2.79. The molecule has 0 aliphatic carbocycles. The summed E-state index contributed by atoms with van der Waals surface area (Å²) in [6.45, 7) is 1.82. The van der Waals surface area contributed by atoms with Gasteiger partial charge in [-0.2, -0.15) is 5.10 Å². The maximum absolute atomic E-state index is 12.1. The molecule has 3 rings (SSSR count). The molecule has 0 N–H and O–H groups in total. The molecule has 0 amide bonds. The summed E-state index contributed by atoms with van der Waals surface area (Å²) in [4.78, 5) is 12.1. The number of carbonyl (C=O) groups is 1. The van der Waals surface area contributed by atoms with E-state index in [-0.39, 0.29) is 6.61 Å². The van der Waals surface area contributed by atoms with Gasteiger partial charge >= 0.3 is 5.97 Å². The van der Waals surface area contributed by atoms with Gasteiger partial charge in [0.1, 0.15) is 12.4 Å². The first kappa shape index (κ1) is 17.0. The third kappa shape index (κ3) is 4.61. The maximum Gasteiger partial charge on any atom is 0.347 e. The Labute approximate surface area is 150 Å². The predicted octanol–water partition coefficient (Wildman–Crippen LogP) is 4.04. The van der Waals surface area contributed by atoms with E-state index >= 15 is 0 Å². The van der Waals surface area contributed by atoms with Crippen LogP contribution < -0.4 is 4.74 Å². The Morgan fingerprint density at radius 1 is 1.20 bits per heavy atom. The summed E-state index contributed by atoms with van der Waals surface area (Å²) in [5.41, 5.74) is 1.83. The molecule has 128 valence electrons. The topological polar surface area (TPSA) is 53.4 Å². The van der Waals surface area contributed by atoms with Crippen LogP contribution in [0.2, 0.25) is 5.02 Å². The van der Waals surface area contributed by atoms with Crippen LogP contribution in [-0.4, -0.2) is 21.9 Å². The van der Waals surface area contributed by atoms with Crippen LogP contribution >= 0.6 is 11.6 Å². The van der Waals surface area contributed by atoms with E-state index < -0.39 is 12.1 Å². The first-order valence-electron chi connectivity index (χ1n) is 7.79. The summed E-state index contributed by atoms with van der Waals surface area (Å²) in [6.07, 6.45) is 2.86. The number of esters is 1. The first-order chi connectivity index (χ1) is 12.1. The van der Waals surface area contributed by atoms with Crippen LogP contribution in [0.3, 0.4) is 0 Å². The number of benzene rings is 2. The van der Waals surface area contributed by atoms with Gasteiger partial charge in [0.15, 0.2) is 6.10 Å². The minimum Gasteiger partial charge on any atom is -0.479 e. The summed E-state index contributed by atoms with van der Waals surface area (Å²) in [5.74, 6) is 0.0941. The van der Waals surface area contributed by atoms with Gasteiger partial charge in [-0.3, -0.25) is 0 Å². The molecule has 1 atom stereocenters. The molecule has 0 saturated heterocycles. The normalized spacial score (nSPS) is 11.8. The molecule has 1 heterocycles. The van der Waals surface area contributed by atoms with Crippen LogP contribution in [0.1, 0.15) is 12.5 Å². The lowest BCUT2D eigenvalue weighted by Gasteiger charge is -2.14. The number of hydrogen-bond donors (Lipinski definition) is 0. The van der Waals surface area contributed by atoms with Crippen LogP contribution in [0.5, 0.6) is 5.75 Å². The first-order valence-corrected chi connectivity index (χ1v) is 8.17. The summed E-state index contributed by atoms with van der Waals surface area (Å²) < 4.78 is 12.6. The van der Waals surface area contributed by atoms with E-state index in [2.05, 4.69) is 5.10 Å². The van der Waals surface area contributed by atoms with Crippen molar-refractivity contribution in [2.45, 2.75) is 19.6 Å². The van der Waals surface area contributed by atoms with Crippen molar-refractivity contribution in [2.24, 2.45) is 0 Å². The number of hydrogen-bond acceptors (Lipinski definition) is 4. The van der Waals surface area contributed by atoms with Crippen LogP contribution in [0.4, 0.5) is 0 Å². The van der Waals surface area contributed by atoms with Crippen molar-refractivity contribution in [1.29, 1.82) is 0 Å². The molecule has 3 aromatic rings. The second-order valence-electron chi connectivity index (χ2n) is 5.44. The highest BCUT2D eigenvalue weighted by molar-refractivity contribution is 6.30. The second kappa shape index (κ2) is 7.85. The summed E-state index contributed by atoms with van der Waals surface area (Å²) >= 11 is 5.90. The quantitative estimate of drug-likeness (QED) is 0.625. The molecule has 25 heavy (non-hydrogen) atoms. The zero-order chi connectivity index (χ0) is 17.6. The molecule has 5 nitrogen and oxygen atoms in total. The van der Waals surface area contributed by atoms with Crippen molar-refractivity contribution in [3.05, 3.63) is 77.6 Å². The van der Waals surface area contributed by atoms with E-state index in [1.165, 1.54) is 0 Å². The largest absolute Gasteiger partial charge is 0.479 e. The summed E-state index contributed by atoms with van der Waals surface area (Å²) in [7, 11) is 0. The van der Waals surface area contributed by atoms with Crippen LogP contribution in [0.15, 0.2) is 67.0 Å². The van der Waals surface area contributed by atoms with Gasteiger partial charge in [0.25, 0.3) is 0 Å². The molecule has 6 heteroatoms. The van der Waals surface area contributed by atoms with Gasteiger partial charge in [-0.15, -0.1) is 0 Å². The van der Waals surface area contributed by atoms with E-state index in [0.29, 0.717) is 10.8 Å². The average molecular weight is 357 g/mol. The zero-order valence-corrected chi connectivity index (χ0v) is 14.4. The third-order valence-electron chi connectivity index (χ3n) is 3.53. The zero-order valence-electron chi connectivity index (χ0n) is 13.6. The highest BCUT2D eigenvalue weighted by Crippen LogP contribution is 2.19. The Morgan fingerprint density at radius 2 is 2.00 bits per heavy atom. The number of halogens is 1. The molecule has 0 aliphatic rings. The van der Waals surface area contributed by atoms with E-state index in [1.807, 2.05) is 36.5 Å². The van der Waals surface area contributed by atoms with E-state index in [9.17, 15) is 4.79 Å². The Balaban J connectivity index is 1.53. The third-order valence-corrected chi connectivity index (χ3v) is 3.76. The van der Waals surface area contributed by atoms with Crippen LogP contribution in [-0.2, 0) is 16.1 Å². The number of rotatable bonds is 6. The molecule has 0 spiro atoms. The van der Waals surface area contributed by atoms with Crippen molar-refractivity contribution >= 4 is 17.6 Å². The summed E-state index contributed by atoms with van der Waals surface area (Å²) in [6, 6.07) is 16.4. The molecule has 0 aliphatic heterocycles. The number of ether oxygens (including phenoxy) is 2. The van der Waals surface area contributed by atoms with Gasteiger partial charge in [-0.1, -0.05) is 29.8 Å². The van der Waals surface area contributed by atoms with Gasteiger partial charge in [-0.25, -0.2) is 9.48 Å². The highest BCUT2D eigenvalue weighted by atomic mass is 35.5. The van der Waals surface area contributed by atoms with Crippen LogP contribution in [0.25, 0.3) is 5.69 Å². The fraction of sp³-hybridized carbons (Fsp3) is 0.158. The smallest absolute Gasteiger partial charge is 0.347 e. The molecule has 1 aromatic heterocycles. The monoisotopic (exact) mass is 356 g/mol. The SMILES string of the molecule is CC(Oc1cccc(Cl)c1)C(=O)OCc1ccc(-n2cccn2)cc1. The molecule has 0 radical (unpaired) electrons. The number of nitrogens with zero attached hydrogens (tertiary/aromatic N) is 2. The van der Waals surface area contributed by atoms with Gasteiger partial charge in [0, 0.05) is 17.4 Å².